The molecule has 0 aliphatic rings. The van der Waals surface area contributed by atoms with Crippen LogP contribution in [0.4, 0.5) is 0 Å². The van der Waals surface area contributed by atoms with Gasteiger partial charge in [-0.1, -0.05) is 37.2 Å². The predicted octanol–water partition coefficient (Wildman–Crippen LogP) is 3.59. The zero-order chi connectivity index (χ0) is 14.9. The van der Waals surface area contributed by atoms with Crippen LogP contribution in [0.25, 0.3) is 11.0 Å². The van der Waals surface area contributed by atoms with Gasteiger partial charge in [-0.2, -0.15) is 0 Å². The van der Waals surface area contributed by atoms with Gasteiger partial charge in [0.15, 0.2) is 5.16 Å². The van der Waals surface area contributed by atoms with Crippen LogP contribution in [0.2, 0.25) is 0 Å². The third-order valence-corrected chi connectivity index (χ3v) is 4.18. The molecular formula is C16H24N2O2S. The summed E-state index contributed by atoms with van der Waals surface area (Å²) in [6, 6.07) is 8.24. The van der Waals surface area contributed by atoms with Crippen molar-refractivity contribution in [2.75, 3.05) is 32.7 Å². The minimum Gasteiger partial charge on any atom is -0.383 e. The van der Waals surface area contributed by atoms with E-state index >= 15 is 0 Å². The van der Waals surface area contributed by atoms with Gasteiger partial charge in [-0.15, -0.1) is 0 Å². The van der Waals surface area contributed by atoms with E-state index < -0.39 is 0 Å². The molecule has 21 heavy (non-hydrogen) atoms. The van der Waals surface area contributed by atoms with Gasteiger partial charge in [-0.3, -0.25) is 0 Å². The van der Waals surface area contributed by atoms with Gasteiger partial charge in [0.1, 0.15) is 0 Å². The molecule has 0 bridgehead atoms. The Morgan fingerprint density at radius 1 is 1.19 bits per heavy atom. The first-order chi connectivity index (χ1) is 10.4. The number of hydrogen-bond donors (Lipinski definition) is 0. The maximum Gasteiger partial charge on any atom is 0.169 e. The number of imidazole rings is 1. The summed E-state index contributed by atoms with van der Waals surface area (Å²) in [7, 11) is 1.73. The van der Waals surface area contributed by atoms with E-state index in [1.165, 1.54) is 11.9 Å². The fourth-order valence-corrected chi connectivity index (χ4v) is 2.99. The number of para-hydroxylation sites is 2. The lowest BCUT2D eigenvalue weighted by Crippen LogP contribution is -2.06. The Balaban J connectivity index is 1.97. The van der Waals surface area contributed by atoms with Crippen molar-refractivity contribution in [3.63, 3.8) is 0 Å². The molecule has 116 valence electrons. The first kappa shape index (κ1) is 16.3. The highest BCUT2D eigenvalue weighted by Crippen LogP contribution is 2.23. The Morgan fingerprint density at radius 2 is 2.05 bits per heavy atom. The molecule has 0 aliphatic carbocycles. The second-order valence-electron chi connectivity index (χ2n) is 4.84. The molecule has 5 heteroatoms. The Morgan fingerprint density at radius 3 is 2.86 bits per heavy atom. The molecule has 0 aliphatic heterocycles. The molecule has 0 saturated carbocycles. The second kappa shape index (κ2) is 9.07. The molecule has 0 fully saturated rings. The Labute approximate surface area is 130 Å². The summed E-state index contributed by atoms with van der Waals surface area (Å²) < 4.78 is 13.0. The van der Waals surface area contributed by atoms with Crippen molar-refractivity contribution in [1.82, 2.24) is 9.55 Å². The average molecular weight is 308 g/mol. The Kier molecular flexibility index (Phi) is 7.06. The SMILES string of the molecule is CCCCOCCSc1nc2ccccc2n1CCOC. The zero-order valence-electron chi connectivity index (χ0n) is 12.9. The van der Waals surface area contributed by atoms with E-state index in [-0.39, 0.29) is 0 Å². The summed E-state index contributed by atoms with van der Waals surface area (Å²) >= 11 is 1.75. The molecular weight excluding hydrogens is 284 g/mol. The van der Waals surface area contributed by atoms with Crippen LogP contribution < -0.4 is 0 Å². The number of aromatic nitrogens is 2. The molecule has 1 aromatic carbocycles. The Bertz CT molecular complexity index is 542. The number of unbranched alkanes of at least 4 members (excludes halogenated alkanes) is 1. The fraction of sp³-hybridized carbons (Fsp3) is 0.562. The normalized spacial score (nSPS) is 11.3. The molecule has 0 unspecified atom stereocenters. The third kappa shape index (κ3) is 4.73. The number of thioether (sulfide) groups is 1. The summed E-state index contributed by atoms with van der Waals surface area (Å²) in [6.45, 7) is 5.34. The molecule has 4 nitrogen and oxygen atoms in total. The standard InChI is InChI=1S/C16H24N2O2S/c1-3-4-10-20-12-13-21-16-17-14-7-5-6-8-15(14)18(16)9-11-19-2/h5-8H,3-4,9-13H2,1-2H3. The molecule has 1 aromatic heterocycles. The lowest BCUT2D eigenvalue weighted by molar-refractivity contribution is 0.147. The molecule has 0 N–H and O–H groups in total. The summed E-state index contributed by atoms with van der Waals surface area (Å²) in [5.74, 6) is 0.931. The minimum absolute atomic E-state index is 0.695. The first-order valence-electron chi connectivity index (χ1n) is 7.51. The summed E-state index contributed by atoms with van der Waals surface area (Å²) in [4.78, 5) is 4.71. The number of fused-ring (bicyclic) bond motifs is 1. The van der Waals surface area contributed by atoms with Crippen molar-refractivity contribution in [3.05, 3.63) is 24.3 Å². The van der Waals surface area contributed by atoms with Gasteiger partial charge in [0.25, 0.3) is 0 Å². The fourth-order valence-electron chi connectivity index (χ4n) is 2.10. The van der Waals surface area contributed by atoms with Crippen molar-refractivity contribution >= 4 is 22.8 Å². The minimum atomic E-state index is 0.695. The van der Waals surface area contributed by atoms with E-state index in [2.05, 4.69) is 29.7 Å². The number of hydrogen-bond acceptors (Lipinski definition) is 4. The van der Waals surface area contributed by atoms with Crippen molar-refractivity contribution < 1.29 is 9.47 Å². The monoisotopic (exact) mass is 308 g/mol. The van der Waals surface area contributed by atoms with Crippen LogP contribution in [0, 0.1) is 0 Å². The number of methoxy groups -OCH3 is 1. The average Bonchev–Trinajstić information content (AvgIpc) is 2.86. The maximum absolute atomic E-state index is 5.61. The molecule has 0 atom stereocenters. The molecule has 0 radical (unpaired) electrons. The van der Waals surface area contributed by atoms with E-state index in [4.69, 9.17) is 14.5 Å². The van der Waals surface area contributed by atoms with Crippen LogP contribution in [-0.4, -0.2) is 42.2 Å². The topological polar surface area (TPSA) is 36.3 Å². The van der Waals surface area contributed by atoms with Crippen molar-refractivity contribution in [2.45, 2.75) is 31.5 Å². The molecule has 0 saturated heterocycles. The van der Waals surface area contributed by atoms with Crippen LogP contribution in [0.3, 0.4) is 0 Å². The molecule has 0 spiro atoms. The number of nitrogens with zero attached hydrogens (tertiary/aromatic N) is 2. The first-order valence-corrected chi connectivity index (χ1v) is 8.50. The number of benzene rings is 1. The zero-order valence-corrected chi connectivity index (χ0v) is 13.7. The largest absolute Gasteiger partial charge is 0.383 e. The third-order valence-electron chi connectivity index (χ3n) is 3.24. The predicted molar refractivity (Wildman–Crippen MR) is 88.1 cm³/mol. The van der Waals surface area contributed by atoms with Gasteiger partial charge in [-0.05, 0) is 18.6 Å². The molecule has 1 heterocycles. The van der Waals surface area contributed by atoms with Gasteiger partial charge in [0, 0.05) is 26.0 Å². The van der Waals surface area contributed by atoms with Crippen molar-refractivity contribution in [3.8, 4) is 0 Å². The highest BCUT2D eigenvalue weighted by molar-refractivity contribution is 7.99. The van der Waals surface area contributed by atoms with Crippen LogP contribution in [-0.2, 0) is 16.0 Å². The van der Waals surface area contributed by atoms with Crippen LogP contribution in [0.5, 0.6) is 0 Å². The quantitative estimate of drug-likeness (QED) is 0.496. The van der Waals surface area contributed by atoms with Crippen LogP contribution >= 0.6 is 11.8 Å². The van der Waals surface area contributed by atoms with E-state index in [9.17, 15) is 0 Å². The summed E-state index contributed by atoms with van der Waals surface area (Å²) in [5, 5.41) is 1.05. The summed E-state index contributed by atoms with van der Waals surface area (Å²) in [6.07, 6.45) is 2.32. The lowest BCUT2D eigenvalue weighted by atomic mass is 10.3. The van der Waals surface area contributed by atoms with Gasteiger partial charge in [0.05, 0.1) is 24.2 Å². The molecule has 2 rings (SSSR count). The number of rotatable bonds is 10. The van der Waals surface area contributed by atoms with Crippen LogP contribution in [0.1, 0.15) is 19.8 Å². The van der Waals surface area contributed by atoms with Gasteiger partial charge >= 0.3 is 0 Å². The lowest BCUT2D eigenvalue weighted by Gasteiger charge is -2.08. The molecule has 0 amide bonds. The highest BCUT2D eigenvalue weighted by Gasteiger charge is 2.10. The van der Waals surface area contributed by atoms with Gasteiger partial charge in [0.2, 0.25) is 0 Å². The number of ether oxygens (including phenoxy) is 2. The van der Waals surface area contributed by atoms with E-state index in [1.54, 1.807) is 18.9 Å². The van der Waals surface area contributed by atoms with Gasteiger partial charge < -0.3 is 14.0 Å². The Hall–Kier alpha value is -1.04. The van der Waals surface area contributed by atoms with Gasteiger partial charge in [-0.25, -0.2) is 4.98 Å². The summed E-state index contributed by atoms with van der Waals surface area (Å²) in [5.41, 5.74) is 2.21. The van der Waals surface area contributed by atoms with Crippen molar-refractivity contribution in [1.29, 1.82) is 0 Å². The smallest absolute Gasteiger partial charge is 0.169 e. The van der Waals surface area contributed by atoms with E-state index in [1.807, 2.05) is 6.07 Å². The molecule has 2 aromatic rings. The van der Waals surface area contributed by atoms with Crippen LogP contribution in [0.15, 0.2) is 29.4 Å². The second-order valence-corrected chi connectivity index (χ2v) is 5.90. The van der Waals surface area contributed by atoms with E-state index in [0.29, 0.717) is 6.61 Å². The maximum atomic E-state index is 5.61. The highest BCUT2D eigenvalue weighted by atomic mass is 32.2. The van der Waals surface area contributed by atoms with Crippen molar-refractivity contribution in [2.24, 2.45) is 0 Å². The van der Waals surface area contributed by atoms with E-state index in [0.717, 1.165) is 42.6 Å².